The van der Waals surface area contributed by atoms with Crippen LogP contribution in [0.2, 0.25) is 0 Å². The second-order valence-electron chi connectivity index (χ2n) is 5.82. The quantitative estimate of drug-likeness (QED) is 0.762. The standard InChI is InChI=1S/C18H24N2O3S2/c1-4-13-8-7-9-14(5-2)18(13)20-16(21)12-25(22,23)11-15-10-24-17(6-3)19-15/h7-10H,4-6,11-12H2,1-3H3,(H,20,21). The molecule has 1 amide bonds. The summed E-state index contributed by atoms with van der Waals surface area (Å²) in [6.07, 6.45) is 2.32. The molecule has 7 heteroatoms. The smallest absolute Gasteiger partial charge is 0.239 e. The fraction of sp³-hybridized carbons (Fsp3) is 0.444. The molecule has 0 bridgehead atoms. The Hall–Kier alpha value is -1.73. The summed E-state index contributed by atoms with van der Waals surface area (Å²) in [5, 5.41) is 5.45. The average molecular weight is 381 g/mol. The van der Waals surface area contributed by atoms with Crippen LogP contribution < -0.4 is 5.32 Å². The zero-order valence-corrected chi connectivity index (χ0v) is 16.5. The minimum Gasteiger partial charge on any atom is -0.325 e. The van der Waals surface area contributed by atoms with Gasteiger partial charge in [0.2, 0.25) is 5.91 Å². The molecule has 1 aromatic heterocycles. The first kappa shape index (κ1) is 19.6. The molecule has 1 aromatic carbocycles. The van der Waals surface area contributed by atoms with Crippen LogP contribution in [-0.4, -0.2) is 25.1 Å². The first-order valence-electron chi connectivity index (χ1n) is 8.42. The maximum absolute atomic E-state index is 12.3. The third-order valence-electron chi connectivity index (χ3n) is 3.88. The van der Waals surface area contributed by atoms with Crippen LogP contribution in [0, 0.1) is 0 Å². The largest absolute Gasteiger partial charge is 0.325 e. The third kappa shape index (κ3) is 5.37. The lowest BCUT2D eigenvalue weighted by molar-refractivity contribution is -0.113. The third-order valence-corrected chi connectivity index (χ3v) is 6.36. The van der Waals surface area contributed by atoms with Gasteiger partial charge in [0.25, 0.3) is 0 Å². The highest BCUT2D eigenvalue weighted by Crippen LogP contribution is 2.22. The first-order valence-corrected chi connectivity index (χ1v) is 11.1. The number of carbonyl (C=O) groups excluding carboxylic acids is 1. The van der Waals surface area contributed by atoms with Crippen molar-refractivity contribution in [3.63, 3.8) is 0 Å². The van der Waals surface area contributed by atoms with Crippen molar-refractivity contribution in [2.75, 3.05) is 11.1 Å². The minimum atomic E-state index is -3.56. The maximum atomic E-state index is 12.3. The van der Waals surface area contributed by atoms with Gasteiger partial charge in [-0.3, -0.25) is 4.79 Å². The Morgan fingerprint density at radius 2 is 1.76 bits per heavy atom. The van der Waals surface area contributed by atoms with Crippen molar-refractivity contribution in [1.29, 1.82) is 0 Å². The van der Waals surface area contributed by atoms with Crippen LogP contribution in [0.3, 0.4) is 0 Å². The van der Waals surface area contributed by atoms with Gasteiger partial charge < -0.3 is 5.32 Å². The van der Waals surface area contributed by atoms with E-state index in [0.717, 1.165) is 41.1 Å². The van der Waals surface area contributed by atoms with E-state index in [2.05, 4.69) is 10.3 Å². The van der Waals surface area contributed by atoms with Gasteiger partial charge >= 0.3 is 0 Å². The molecule has 0 saturated heterocycles. The van der Waals surface area contributed by atoms with E-state index in [1.165, 1.54) is 11.3 Å². The summed E-state index contributed by atoms with van der Waals surface area (Å²) >= 11 is 1.45. The molecule has 25 heavy (non-hydrogen) atoms. The average Bonchev–Trinajstić information content (AvgIpc) is 3.01. The van der Waals surface area contributed by atoms with Crippen molar-refractivity contribution >= 4 is 32.8 Å². The molecular weight excluding hydrogens is 356 g/mol. The molecule has 136 valence electrons. The normalized spacial score (nSPS) is 11.5. The Kier molecular flexibility index (Phi) is 6.72. The number of amides is 1. The second kappa shape index (κ2) is 8.58. The van der Waals surface area contributed by atoms with Crippen LogP contribution in [0.15, 0.2) is 23.6 Å². The van der Waals surface area contributed by atoms with Crippen molar-refractivity contribution in [3.05, 3.63) is 45.4 Å². The van der Waals surface area contributed by atoms with Crippen molar-refractivity contribution in [2.45, 2.75) is 45.8 Å². The molecule has 2 aromatic rings. The summed E-state index contributed by atoms with van der Waals surface area (Å²) in [7, 11) is -3.56. The summed E-state index contributed by atoms with van der Waals surface area (Å²) in [4.78, 5) is 16.6. The van der Waals surface area contributed by atoms with E-state index < -0.39 is 21.5 Å². The van der Waals surface area contributed by atoms with Crippen LogP contribution >= 0.6 is 11.3 Å². The van der Waals surface area contributed by atoms with Gasteiger partial charge in [-0.2, -0.15) is 0 Å². The Balaban J connectivity index is 2.09. The zero-order chi connectivity index (χ0) is 18.4. The minimum absolute atomic E-state index is 0.201. The number of benzene rings is 1. The molecule has 0 aliphatic rings. The van der Waals surface area contributed by atoms with Gasteiger partial charge in [0.1, 0.15) is 5.75 Å². The number of anilines is 1. The molecule has 0 radical (unpaired) electrons. The van der Waals surface area contributed by atoms with E-state index in [0.29, 0.717) is 5.69 Å². The van der Waals surface area contributed by atoms with Crippen LogP contribution in [0.1, 0.15) is 42.6 Å². The summed E-state index contributed by atoms with van der Waals surface area (Å²) in [6, 6.07) is 5.85. The van der Waals surface area contributed by atoms with Gasteiger partial charge in [-0.05, 0) is 30.4 Å². The Morgan fingerprint density at radius 3 is 2.28 bits per heavy atom. The number of para-hydroxylation sites is 1. The molecule has 1 N–H and O–H groups in total. The number of aromatic nitrogens is 1. The molecule has 0 unspecified atom stereocenters. The highest BCUT2D eigenvalue weighted by Gasteiger charge is 2.20. The lowest BCUT2D eigenvalue weighted by Crippen LogP contribution is -2.25. The molecule has 0 fully saturated rings. The number of hydrogen-bond donors (Lipinski definition) is 1. The fourth-order valence-electron chi connectivity index (χ4n) is 2.63. The van der Waals surface area contributed by atoms with Crippen LogP contribution in [0.5, 0.6) is 0 Å². The fourth-order valence-corrected chi connectivity index (χ4v) is 4.65. The molecule has 0 atom stereocenters. The van der Waals surface area contributed by atoms with E-state index >= 15 is 0 Å². The summed E-state index contributed by atoms with van der Waals surface area (Å²) < 4.78 is 24.6. The van der Waals surface area contributed by atoms with Crippen molar-refractivity contribution in [2.24, 2.45) is 0 Å². The molecule has 5 nitrogen and oxygen atoms in total. The molecule has 0 spiro atoms. The number of carbonyl (C=O) groups is 1. The lowest BCUT2D eigenvalue weighted by Gasteiger charge is -2.14. The first-order chi connectivity index (χ1) is 11.9. The van der Waals surface area contributed by atoms with Gasteiger partial charge in [0.05, 0.1) is 16.5 Å². The lowest BCUT2D eigenvalue weighted by atomic mass is 10.0. The van der Waals surface area contributed by atoms with Gasteiger partial charge in [0, 0.05) is 11.1 Å². The Morgan fingerprint density at radius 1 is 1.12 bits per heavy atom. The van der Waals surface area contributed by atoms with Crippen LogP contribution in [0.4, 0.5) is 5.69 Å². The number of nitrogens with one attached hydrogen (secondary N) is 1. The van der Waals surface area contributed by atoms with Crippen LogP contribution in [0.25, 0.3) is 0 Å². The summed E-state index contributed by atoms with van der Waals surface area (Å²) in [5.41, 5.74) is 3.28. The second-order valence-corrected chi connectivity index (χ2v) is 8.83. The van der Waals surface area contributed by atoms with E-state index in [9.17, 15) is 13.2 Å². The SMILES string of the molecule is CCc1nc(CS(=O)(=O)CC(=O)Nc2c(CC)cccc2CC)cs1. The highest BCUT2D eigenvalue weighted by atomic mass is 32.2. The number of aryl methyl sites for hydroxylation is 3. The van der Waals surface area contributed by atoms with Crippen molar-refractivity contribution < 1.29 is 13.2 Å². The highest BCUT2D eigenvalue weighted by molar-refractivity contribution is 7.91. The summed E-state index contributed by atoms with van der Waals surface area (Å²) in [5.74, 6) is -1.23. The van der Waals surface area contributed by atoms with E-state index in [1.807, 2.05) is 39.0 Å². The molecule has 1 heterocycles. The van der Waals surface area contributed by atoms with Gasteiger partial charge in [0.15, 0.2) is 9.84 Å². The number of nitrogens with zero attached hydrogens (tertiary/aromatic N) is 1. The van der Waals surface area contributed by atoms with E-state index in [-0.39, 0.29) is 5.75 Å². The molecule has 0 aliphatic carbocycles. The van der Waals surface area contributed by atoms with Crippen molar-refractivity contribution in [3.8, 4) is 0 Å². The number of rotatable bonds is 8. The van der Waals surface area contributed by atoms with Gasteiger partial charge in [-0.1, -0.05) is 39.0 Å². The summed E-state index contributed by atoms with van der Waals surface area (Å²) in [6.45, 7) is 5.99. The van der Waals surface area contributed by atoms with Gasteiger partial charge in [-0.25, -0.2) is 13.4 Å². The Bertz CT molecular complexity index is 820. The predicted octanol–water partition coefficient (Wildman–Crippen LogP) is 3.38. The zero-order valence-electron chi connectivity index (χ0n) is 14.8. The van der Waals surface area contributed by atoms with Crippen LogP contribution in [-0.2, 0) is 39.6 Å². The molecule has 0 aliphatic heterocycles. The van der Waals surface area contributed by atoms with E-state index in [4.69, 9.17) is 0 Å². The molecular formula is C18H24N2O3S2. The molecule has 0 saturated carbocycles. The Labute approximate surface area is 153 Å². The maximum Gasteiger partial charge on any atom is 0.239 e. The number of sulfone groups is 1. The molecule has 2 rings (SSSR count). The van der Waals surface area contributed by atoms with Crippen molar-refractivity contribution in [1.82, 2.24) is 4.98 Å². The number of hydrogen-bond acceptors (Lipinski definition) is 5. The topological polar surface area (TPSA) is 76.1 Å². The monoisotopic (exact) mass is 380 g/mol. The number of thiazole rings is 1. The predicted molar refractivity (Wildman–Crippen MR) is 103 cm³/mol. The van der Waals surface area contributed by atoms with E-state index in [1.54, 1.807) is 5.38 Å². The van der Waals surface area contributed by atoms with Gasteiger partial charge in [-0.15, -0.1) is 11.3 Å².